The number of hydrogen-bond donors (Lipinski definition) is 3. The summed E-state index contributed by atoms with van der Waals surface area (Å²) in [6, 6.07) is 9.84. The van der Waals surface area contributed by atoms with Crippen molar-refractivity contribution in [2.45, 2.75) is 0 Å². The largest absolute Gasteiger partial charge is 0.506 e. The van der Waals surface area contributed by atoms with E-state index in [1.54, 1.807) is 43.5 Å². The summed E-state index contributed by atoms with van der Waals surface area (Å²) >= 11 is 6.41. The molecule has 3 N–H and O–H groups in total. The van der Waals surface area contributed by atoms with Gasteiger partial charge in [-0.3, -0.25) is 0 Å². The maximum Gasteiger partial charge on any atom is 0.323 e. The molecular formula is C14H12Br2N2O3. The van der Waals surface area contributed by atoms with E-state index in [0.717, 1.165) is 0 Å². The maximum atomic E-state index is 11.9. The quantitative estimate of drug-likeness (QED) is 0.643. The molecule has 0 unspecified atom stereocenters. The van der Waals surface area contributed by atoms with Crippen LogP contribution in [0.2, 0.25) is 0 Å². The minimum Gasteiger partial charge on any atom is -0.506 e. The van der Waals surface area contributed by atoms with Gasteiger partial charge in [0, 0.05) is 17.4 Å². The minimum atomic E-state index is -0.396. The van der Waals surface area contributed by atoms with E-state index in [9.17, 15) is 9.90 Å². The third-order valence-corrected chi connectivity index (χ3v) is 3.81. The molecule has 0 aliphatic heterocycles. The second kappa shape index (κ2) is 6.82. The number of hydrogen-bond acceptors (Lipinski definition) is 3. The highest BCUT2D eigenvalue weighted by Gasteiger charge is 2.09. The summed E-state index contributed by atoms with van der Waals surface area (Å²) in [6.45, 7) is 0. The summed E-state index contributed by atoms with van der Waals surface area (Å²) in [6.07, 6.45) is 0. The molecule has 0 aromatic heterocycles. The summed E-state index contributed by atoms with van der Waals surface area (Å²) in [7, 11) is 1.56. The van der Waals surface area contributed by atoms with E-state index in [1.165, 1.54) is 0 Å². The van der Waals surface area contributed by atoms with Gasteiger partial charge in [-0.2, -0.15) is 0 Å². The van der Waals surface area contributed by atoms with Gasteiger partial charge in [0.1, 0.15) is 11.5 Å². The van der Waals surface area contributed by atoms with E-state index in [4.69, 9.17) is 4.74 Å². The number of methoxy groups -OCH3 is 1. The fraction of sp³-hybridized carbons (Fsp3) is 0.0714. The predicted molar refractivity (Wildman–Crippen MR) is 89.1 cm³/mol. The SMILES string of the molecule is COc1cccc(NC(=O)Nc2cc(Br)c(O)c(Br)c2)c1. The number of ether oxygens (including phenoxy) is 1. The first-order chi connectivity index (χ1) is 9.99. The van der Waals surface area contributed by atoms with Gasteiger partial charge >= 0.3 is 6.03 Å². The lowest BCUT2D eigenvalue weighted by atomic mass is 10.3. The van der Waals surface area contributed by atoms with Crippen LogP contribution in [0.3, 0.4) is 0 Å². The van der Waals surface area contributed by atoms with Crippen LogP contribution in [0.4, 0.5) is 16.2 Å². The summed E-state index contributed by atoms with van der Waals surface area (Å²) < 4.78 is 6.05. The zero-order valence-electron chi connectivity index (χ0n) is 11.0. The molecule has 0 bridgehead atoms. The van der Waals surface area contributed by atoms with Gasteiger partial charge < -0.3 is 20.5 Å². The normalized spacial score (nSPS) is 10.0. The summed E-state index contributed by atoms with van der Waals surface area (Å²) in [4.78, 5) is 11.9. The minimum absolute atomic E-state index is 0.0775. The van der Waals surface area contributed by atoms with Crippen molar-refractivity contribution in [2.24, 2.45) is 0 Å². The fourth-order valence-electron chi connectivity index (χ4n) is 1.63. The van der Waals surface area contributed by atoms with E-state index in [1.807, 2.05) is 0 Å². The molecule has 7 heteroatoms. The first-order valence-electron chi connectivity index (χ1n) is 5.89. The highest BCUT2D eigenvalue weighted by atomic mass is 79.9. The van der Waals surface area contributed by atoms with Crippen molar-refractivity contribution in [2.75, 3.05) is 17.7 Å². The molecule has 0 fully saturated rings. The van der Waals surface area contributed by atoms with E-state index in [2.05, 4.69) is 42.5 Å². The molecule has 0 aliphatic carbocycles. The standard InChI is InChI=1S/C14H12Br2N2O3/c1-21-10-4-2-3-8(5-10)17-14(20)18-9-6-11(15)13(19)12(16)7-9/h2-7,19H,1H3,(H2,17,18,20). The van der Waals surface area contributed by atoms with Crippen LogP contribution in [0.5, 0.6) is 11.5 Å². The van der Waals surface area contributed by atoms with Gasteiger partial charge in [-0.15, -0.1) is 0 Å². The Morgan fingerprint density at radius 3 is 2.33 bits per heavy atom. The van der Waals surface area contributed by atoms with Gasteiger partial charge in [-0.1, -0.05) is 6.07 Å². The molecule has 2 aromatic carbocycles. The van der Waals surface area contributed by atoms with Gasteiger partial charge in [-0.05, 0) is 56.1 Å². The Kier molecular flexibility index (Phi) is 5.08. The molecule has 0 atom stereocenters. The number of nitrogens with one attached hydrogen (secondary N) is 2. The number of phenols is 1. The Bertz CT molecular complexity index is 654. The third kappa shape index (κ3) is 4.12. The van der Waals surface area contributed by atoms with Crippen molar-refractivity contribution in [1.82, 2.24) is 0 Å². The molecule has 0 saturated carbocycles. The number of phenolic OH excluding ortho intramolecular Hbond substituents is 1. The monoisotopic (exact) mass is 414 g/mol. The molecule has 2 rings (SSSR count). The Labute approximate surface area is 138 Å². The second-order valence-electron chi connectivity index (χ2n) is 4.10. The van der Waals surface area contributed by atoms with Crippen molar-refractivity contribution in [3.63, 3.8) is 0 Å². The lowest BCUT2D eigenvalue weighted by Gasteiger charge is -2.10. The van der Waals surface area contributed by atoms with E-state index in [0.29, 0.717) is 26.1 Å². The van der Waals surface area contributed by atoms with Gasteiger partial charge in [0.25, 0.3) is 0 Å². The van der Waals surface area contributed by atoms with Crippen LogP contribution in [-0.2, 0) is 0 Å². The van der Waals surface area contributed by atoms with Gasteiger partial charge in [0.2, 0.25) is 0 Å². The summed E-state index contributed by atoms with van der Waals surface area (Å²) in [5, 5.41) is 15.0. The van der Waals surface area contributed by atoms with Crippen molar-refractivity contribution in [3.8, 4) is 11.5 Å². The number of carbonyl (C=O) groups excluding carboxylic acids is 1. The van der Waals surface area contributed by atoms with Gasteiger partial charge in [0.05, 0.1) is 16.1 Å². The summed E-state index contributed by atoms with van der Waals surface area (Å²) in [5.74, 6) is 0.733. The van der Waals surface area contributed by atoms with Crippen LogP contribution in [-0.4, -0.2) is 18.2 Å². The van der Waals surface area contributed by atoms with Crippen LogP contribution in [0.25, 0.3) is 0 Å². The zero-order valence-corrected chi connectivity index (χ0v) is 14.2. The number of carbonyl (C=O) groups is 1. The molecule has 2 amide bonds. The van der Waals surface area contributed by atoms with Crippen molar-refractivity contribution in [1.29, 1.82) is 0 Å². The third-order valence-electron chi connectivity index (χ3n) is 2.60. The number of urea groups is 1. The summed E-state index contributed by atoms with van der Waals surface area (Å²) in [5.41, 5.74) is 1.15. The highest BCUT2D eigenvalue weighted by molar-refractivity contribution is 9.11. The molecule has 110 valence electrons. The number of aromatic hydroxyl groups is 1. The number of rotatable bonds is 3. The van der Waals surface area contributed by atoms with Crippen LogP contribution in [0.1, 0.15) is 0 Å². The van der Waals surface area contributed by atoms with E-state index >= 15 is 0 Å². The van der Waals surface area contributed by atoms with Gasteiger partial charge in [0.15, 0.2) is 0 Å². The molecule has 0 spiro atoms. The van der Waals surface area contributed by atoms with E-state index < -0.39 is 6.03 Å². The lowest BCUT2D eigenvalue weighted by molar-refractivity contribution is 0.262. The number of anilines is 2. The van der Waals surface area contributed by atoms with Crippen LogP contribution >= 0.6 is 31.9 Å². The maximum absolute atomic E-state index is 11.9. The molecule has 0 saturated heterocycles. The molecule has 0 aliphatic rings. The Balaban J connectivity index is 2.08. The average molecular weight is 416 g/mol. The van der Waals surface area contributed by atoms with Crippen molar-refractivity contribution >= 4 is 49.3 Å². The zero-order chi connectivity index (χ0) is 15.4. The first kappa shape index (κ1) is 15.7. The predicted octanol–water partition coefficient (Wildman–Crippen LogP) is 4.57. The number of halogens is 2. The molecule has 2 aromatic rings. The first-order valence-corrected chi connectivity index (χ1v) is 7.48. The van der Waals surface area contributed by atoms with E-state index in [-0.39, 0.29) is 5.75 Å². The second-order valence-corrected chi connectivity index (χ2v) is 5.81. The Morgan fingerprint density at radius 2 is 1.71 bits per heavy atom. The fourth-order valence-corrected chi connectivity index (χ4v) is 2.82. The van der Waals surface area contributed by atoms with Gasteiger partial charge in [-0.25, -0.2) is 4.79 Å². The van der Waals surface area contributed by atoms with Crippen LogP contribution in [0.15, 0.2) is 45.3 Å². The molecule has 5 nitrogen and oxygen atoms in total. The topological polar surface area (TPSA) is 70.6 Å². The average Bonchev–Trinajstić information content (AvgIpc) is 2.44. The molecule has 0 heterocycles. The molecule has 0 radical (unpaired) electrons. The van der Waals surface area contributed by atoms with Crippen molar-refractivity contribution in [3.05, 3.63) is 45.3 Å². The smallest absolute Gasteiger partial charge is 0.323 e. The number of amides is 2. The van der Waals surface area contributed by atoms with Crippen LogP contribution < -0.4 is 15.4 Å². The molecule has 21 heavy (non-hydrogen) atoms. The number of benzene rings is 2. The Hall–Kier alpha value is -1.73. The highest BCUT2D eigenvalue weighted by Crippen LogP contribution is 2.35. The van der Waals surface area contributed by atoms with Crippen molar-refractivity contribution < 1.29 is 14.6 Å². The lowest BCUT2D eigenvalue weighted by Crippen LogP contribution is -2.19. The molecular weight excluding hydrogens is 404 g/mol. The Morgan fingerprint density at radius 1 is 1.10 bits per heavy atom. The van der Waals surface area contributed by atoms with Crippen LogP contribution in [0, 0.1) is 0 Å².